The summed E-state index contributed by atoms with van der Waals surface area (Å²) in [5, 5.41) is 0. The van der Waals surface area contributed by atoms with E-state index >= 15 is 0 Å². The summed E-state index contributed by atoms with van der Waals surface area (Å²) in [5.74, 6) is -0.413. The van der Waals surface area contributed by atoms with Crippen LogP contribution in [0.3, 0.4) is 0 Å². The fourth-order valence-electron chi connectivity index (χ4n) is 3.84. The molecule has 2 aromatic heterocycles. The molecule has 152 valence electrons. The van der Waals surface area contributed by atoms with Crippen molar-refractivity contribution in [1.29, 1.82) is 0 Å². The molecule has 3 aromatic rings. The average molecular weight is 412 g/mol. The van der Waals surface area contributed by atoms with E-state index in [9.17, 15) is 9.59 Å². The van der Waals surface area contributed by atoms with Gasteiger partial charge >= 0.3 is 5.97 Å². The third kappa shape index (κ3) is 3.92. The maximum atomic E-state index is 12.6. The lowest BCUT2D eigenvalue weighted by Crippen LogP contribution is -2.21. The van der Waals surface area contributed by atoms with Gasteiger partial charge in [-0.2, -0.15) is 0 Å². The number of carbonyl (C=O) groups is 1. The second kappa shape index (κ2) is 8.37. The van der Waals surface area contributed by atoms with Crippen molar-refractivity contribution in [2.24, 2.45) is 0 Å². The van der Waals surface area contributed by atoms with Gasteiger partial charge in [0.2, 0.25) is 0 Å². The van der Waals surface area contributed by atoms with E-state index in [4.69, 9.17) is 4.74 Å². The highest BCUT2D eigenvalue weighted by molar-refractivity contribution is 7.17. The molecule has 1 aliphatic rings. The normalized spacial score (nSPS) is 13.3. The van der Waals surface area contributed by atoms with Crippen molar-refractivity contribution < 1.29 is 9.53 Å². The van der Waals surface area contributed by atoms with E-state index in [1.807, 2.05) is 12.1 Å². The minimum atomic E-state index is -0.413. The number of aryl methyl sites for hydroxylation is 2. The summed E-state index contributed by atoms with van der Waals surface area (Å²) in [7, 11) is 0. The Balaban J connectivity index is 1.48. The van der Waals surface area contributed by atoms with E-state index in [1.165, 1.54) is 10.9 Å². The number of thiazole rings is 1. The molecule has 4 rings (SSSR count). The van der Waals surface area contributed by atoms with Crippen LogP contribution in [0.5, 0.6) is 0 Å². The molecule has 0 fully saturated rings. The molecular weight excluding hydrogens is 386 g/mol. The highest BCUT2D eigenvalue weighted by atomic mass is 32.1. The van der Waals surface area contributed by atoms with Crippen LogP contribution in [0.1, 0.15) is 53.3 Å². The van der Waals surface area contributed by atoms with Crippen LogP contribution in [0.15, 0.2) is 35.1 Å². The number of rotatable bonds is 6. The summed E-state index contributed by atoms with van der Waals surface area (Å²) in [6.07, 6.45) is 4.20. The first-order valence-corrected chi connectivity index (χ1v) is 11.0. The molecule has 7 heteroatoms. The third-order valence-electron chi connectivity index (χ3n) is 5.40. The monoisotopic (exact) mass is 411 g/mol. The summed E-state index contributed by atoms with van der Waals surface area (Å²) in [6, 6.07) is 8.88. The van der Waals surface area contributed by atoms with Gasteiger partial charge in [0.15, 0.2) is 4.96 Å². The van der Waals surface area contributed by atoms with Crippen LogP contribution in [0.4, 0.5) is 5.69 Å². The molecule has 0 saturated carbocycles. The summed E-state index contributed by atoms with van der Waals surface area (Å²) in [5.41, 5.74) is 3.06. The zero-order valence-corrected chi connectivity index (χ0v) is 17.6. The van der Waals surface area contributed by atoms with Gasteiger partial charge in [0.25, 0.3) is 5.56 Å². The van der Waals surface area contributed by atoms with Gasteiger partial charge < -0.3 is 9.64 Å². The minimum absolute atomic E-state index is 0.00899. The van der Waals surface area contributed by atoms with E-state index in [0.717, 1.165) is 50.2 Å². The zero-order valence-electron chi connectivity index (χ0n) is 16.8. The first kappa shape index (κ1) is 19.6. The molecule has 0 bridgehead atoms. The number of benzene rings is 1. The molecule has 0 amide bonds. The van der Waals surface area contributed by atoms with Crippen LogP contribution in [0, 0.1) is 0 Å². The third-order valence-corrected chi connectivity index (χ3v) is 6.54. The maximum Gasteiger partial charge on any atom is 0.338 e. The molecule has 6 nitrogen and oxygen atoms in total. The van der Waals surface area contributed by atoms with Crippen LogP contribution in [-0.2, 0) is 24.2 Å². The second-order valence-corrected chi connectivity index (χ2v) is 8.24. The Morgan fingerprint density at radius 3 is 2.62 bits per heavy atom. The standard InChI is InChI=1S/C22H25N3O3S/c1-3-24(4-2)17-11-9-15(10-12-17)21(27)28-14-16-13-20(26)25-18-7-5-6-8-19(18)29-22(25)23-16/h9-13H,3-8,14H2,1-2H3. The number of nitrogens with zero attached hydrogens (tertiary/aromatic N) is 3. The Labute approximate surface area is 173 Å². The number of carbonyl (C=O) groups excluding carboxylic acids is 1. The number of aromatic nitrogens is 2. The van der Waals surface area contributed by atoms with Crippen molar-refractivity contribution in [3.63, 3.8) is 0 Å². The number of esters is 1. The van der Waals surface area contributed by atoms with Gasteiger partial charge in [0.05, 0.1) is 11.3 Å². The summed E-state index contributed by atoms with van der Waals surface area (Å²) < 4.78 is 7.13. The Morgan fingerprint density at radius 2 is 1.90 bits per heavy atom. The Hall–Kier alpha value is -2.67. The van der Waals surface area contributed by atoms with Gasteiger partial charge in [-0.3, -0.25) is 9.20 Å². The van der Waals surface area contributed by atoms with Crippen LogP contribution in [-0.4, -0.2) is 28.4 Å². The highest BCUT2D eigenvalue weighted by Crippen LogP contribution is 2.28. The van der Waals surface area contributed by atoms with E-state index in [0.29, 0.717) is 16.2 Å². The maximum absolute atomic E-state index is 12.6. The molecule has 29 heavy (non-hydrogen) atoms. The first-order chi connectivity index (χ1) is 14.1. The van der Waals surface area contributed by atoms with Gasteiger partial charge in [-0.15, -0.1) is 11.3 Å². The van der Waals surface area contributed by atoms with E-state index in [1.54, 1.807) is 27.9 Å². The lowest BCUT2D eigenvalue weighted by atomic mass is 10.0. The van der Waals surface area contributed by atoms with Gasteiger partial charge in [-0.05, 0) is 63.8 Å². The Morgan fingerprint density at radius 1 is 1.17 bits per heavy atom. The Bertz CT molecular complexity index is 1080. The van der Waals surface area contributed by atoms with Crippen LogP contribution in [0.2, 0.25) is 0 Å². The van der Waals surface area contributed by atoms with Gasteiger partial charge in [-0.1, -0.05) is 0 Å². The zero-order chi connectivity index (χ0) is 20.4. The number of anilines is 1. The van der Waals surface area contributed by atoms with Crippen molar-refractivity contribution in [1.82, 2.24) is 9.38 Å². The van der Waals surface area contributed by atoms with Gasteiger partial charge in [0, 0.05) is 35.4 Å². The predicted octanol–water partition coefficient (Wildman–Crippen LogP) is 3.84. The van der Waals surface area contributed by atoms with Crippen LogP contribution in [0.25, 0.3) is 4.96 Å². The lowest BCUT2D eigenvalue weighted by molar-refractivity contribution is 0.0468. The SMILES string of the molecule is CCN(CC)c1ccc(C(=O)OCc2cc(=O)n3c4c(sc3n2)CCCC4)cc1. The smallest absolute Gasteiger partial charge is 0.338 e. The fraction of sp³-hybridized carbons (Fsp3) is 0.409. The largest absolute Gasteiger partial charge is 0.456 e. The molecule has 0 N–H and O–H groups in total. The van der Waals surface area contributed by atoms with Crippen molar-refractivity contribution in [2.75, 3.05) is 18.0 Å². The molecule has 0 unspecified atom stereocenters. The molecule has 0 atom stereocenters. The van der Waals surface area contributed by atoms with Crippen molar-refractivity contribution in [3.05, 3.63) is 62.5 Å². The predicted molar refractivity (Wildman–Crippen MR) is 115 cm³/mol. The van der Waals surface area contributed by atoms with Crippen LogP contribution >= 0.6 is 11.3 Å². The summed E-state index contributed by atoms with van der Waals surface area (Å²) >= 11 is 1.57. The van der Waals surface area contributed by atoms with Gasteiger partial charge in [-0.25, -0.2) is 9.78 Å². The second-order valence-electron chi connectivity index (χ2n) is 7.18. The lowest BCUT2D eigenvalue weighted by Gasteiger charge is -2.20. The van der Waals surface area contributed by atoms with E-state index < -0.39 is 5.97 Å². The molecule has 0 saturated heterocycles. The van der Waals surface area contributed by atoms with Crippen molar-refractivity contribution in [2.45, 2.75) is 46.1 Å². The quantitative estimate of drug-likeness (QED) is 0.577. The number of hydrogen-bond donors (Lipinski definition) is 0. The molecule has 0 spiro atoms. The number of hydrogen-bond acceptors (Lipinski definition) is 6. The summed E-state index contributed by atoms with van der Waals surface area (Å²) in [4.78, 5) is 33.7. The molecule has 0 aliphatic heterocycles. The number of fused-ring (bicyclic) bond motifs is 3. The number of ether oxygens (including phenoxy) is 1. The topological polar surface area (TPSA) is 63.9 Å². The first-order valence-electron chi connectivity index (χ1n) is 10.2. The van der Waals surface area contributed by atoms with Crippen molar-refractivity contribution >= 4 is 28.0 Å². The molecule has 0 radical (unpaired) electrons. The molecular formula is C22H25N3O3S. The molecule has 2 heterocycles. The average Bonchev–Trinajstić information content (AvgIpc) is 3.12. The van der Waals surface area contributed by atoms with Gasteiger partial charge in [0.1, 0.15) is 6.61 Å². The highest BCUT2D eigenvalue weighted by Gasteiger charge is 2.19. The molecule has 1 aromatic carbocycles. The van der Waals surface area contributed by atoms with Crippen LogP contribution < -0.4 is 10.5 Å². The fourth-order valence-corrected chi connectivity index (χ4v) is 5.07. The minimum Gasteiger partial charge on any atom is -0.456 e. The molecule has 1 aliphatic carbocycles. The summed E-state index contributed by atoms with van der Waals surface area (Å²) in [6.45, 7) is 6.02. The van der Waals surface area contributed by atoms with Crippen molar-refractivity contribution in [3.8, 4) is 0 Å². The van der Waals surface area contributed by atoms with E-state index in [-0.39, 0.29) is 12.2 Å². The Kier molecular flexibility index (Phi) is 5.67. The van der Waals surface area contributed by atoms with E-state index in [2.05, 4.69) is 23.7 Å².